The first-order valence-electron chi connectivity index (χ1n) is 8.64. The van der Waals surface area contributed by atoms with Gasteiger partial charge in [-0.25, -0.2) is 4.98 Å². The number of carbonyl (C=O) groups is 1. The third-order valence-electron chi connectivity index (χ3n) is 3.97. The molecule has 140 valence electrons. The molecule has 1 aromatic heterocycles. The summed E-state index contributed by atoms with van der Waals surface area (Å²) in [6.45, 7) is 5.55. The molecule has 0 bridgehead atoms. The number of allylic oxidation sites excluding steroid dienone is 1. The maximum Gasteiger partial charge on any atom is 0.242 e. The first kappa shape index (κ1) is 18.5. The van der Waals surface area contributed by atoms with Crippen molar-refractivity contribution in [1.82, 2.24) is 4.98 Å². The van der Waals surface area contributed by atoms with Crippen molar-refractivity contribution in [2.45, 2.75) is 25.8 Å². The summed E-state index contributed by atoms with van der Waals surface area (Å²) < 4.78 is 5.82. The second-order valence-electron chi connectivity index (χ2n) is 6.39. The van der Waals surface area contributed by atoms with Crippen LogP contribution in [0.5, 0.6) is 5.75 Å². The molecule has 1 saturated carbocycles. The quantitative estimate of drug-likeness (QED) is 0.509. The molecule has 0 spiro atoms. The maximum atomic E-state index is 11.6. The minimum absolute atomic E-state index is 0.141. The van der Waals surface area contributed by atoms with E-state index in [1.54, 1.807) is 25.1 Å². The molecular weight excluding hydrogens is 344 g/mol. The summed E-state index contributed by atoms with van der Waals surface area (Å²) in [7, 11) is 0. The highest BCUT2D eigenvalue weighted by molar-refractivity contribution is 5.93. The summed E-state index contributed by atoms with van der Waals surface area (Å²) in [5, 5.41) is 10.9. The number of azo groups is 1. The van der Waals surface area contributed by atoms with Gasteiger partial charge in [-0.15, -0.1) is 10.2 Å². The van der Waals surface area contributed by atoms with Crippen LogP contribution in [0, 0.1) is 5.92 Å². The highest BCUT2D eigenvalue weighted by Gasteiger charge is 2.26. The molecule has 8 nitrogen and oxygen atoms in total. The van der Waals surface area contributed by atoms with Crippen molar-refractivity contribution in [2.75, 3.05) is 11.1 Å². The number of anilines is 2. The molecule has 1 aliphatic carbocycles. The second kappa shape index (κ2) is 7.96. The van der Waals surface area contributed by atoms with Crippen molar-refractivity contribution in [1.29, 1.82) is 0 Å². The van der Waals surface area contributed by atoms with E-state index in [1.165, 1.54) is 0 Å². The van der Waals surface area contributed by atoms with E-state index in [0.717, 1.165) is 18.6 Å². The number of pyridine rings is 1. The van der Waals surface area contributed by atoms with E-state index in [-0.39, 0.29) is 11.7 Å². The molecule has 0 aliphatic heterocycles. The number of nitrogens with two attached hydrogens (primary N) is 2. The first-order chi connectivity index (χ1) is 12.9. The Kier molecular flexibility index (Phi) is 5.46. The standard InChI is InChI=1S/C19H22N6O2/c1-11(20)19(26)23-17-10-9-15(18(21)22-17)25-24-14-5-3-4-6-16(14)27-12(2)13-7-8-13/h3-6,9-11,13H,2,7-8,20H2,1H3,(H3,21,22,23,26)/t11-/m0/s1. The van der Waals surface area contributed by atoms with Crippen LogP contribution in [0.25, 0.3) is 0 Å². The Morgan fingerprint density at radius 2 is 1.96 bits per heavy atom. The summed E-state index contributed by atoms with van der Waals surface area (Å²) in [6, 6.07) is 9.87. The van der Waals surface area contributed by atoms with Crippen molar-refractivity contribution < 1.29 is 9.53 Å². The lowest BCUT2D eigenvalue weighted by Gasteiger charge is -2.09. The number of benzene rings is 1. The van der Waals surface area contributed by atoms with Crippen molar-refractivity contribution in [2.24, 2.45) is 21.9 Å². The van der Waals surface area contributed by atoms with Crippen molar-refractivity contribution in [3.8, 4) is 5.75 Å². The van der Waals surface area contributed by atoms with Gasteiger partial charge in [0, 0.05) is 5.92 Å². The largest absolute Gasteiger partial charge is 0.460 e. The Balaban J connectivity index is 1.74. The number of hydrogen-bond acceptors (Lipinski definition) is 7. The van der Waals surface area contributed by atoms with E-state index in [9.17, 15) is 4.79 Å². The molecule has 1 heterocycles. The molecular formula is C19H22N6O2. The molecule has 0 saturated heterocycles. The van der Waals surface area contributed by atoms with Gasteiger partial charge in [-0.3, -0.25) is 4.79 Å². The van der Waals surface area contributed by atoms with Gasteiger partial charge in [0.25, 0.3) is 0 Å². The first-order valence-corrected chi connectivity index (χ1v) is 8.64. The van der Waals surface area contributed by atoms with Gasteiger partial charge in [0.05, 0.1) is 6.04 Å². The zero-order valence-corrected chi connectivity index (χ0v) is 15.1. The number of nitrogens with one attached hydrogen (secondary N) is 1. The van der Waals surface area contributed by atoms with Gasteiger partial charge in [0.15, 0.2) is 11.6 Å². The Morgan fingerprint density at radius 1 is 1.26 bits per heavy atom. The number of rotatable bonds is 7. The lowest BCUT2D eigenvalue weighted by molar-refractivity contribution is -0.117. The van der Waals surface area contributed by atoms with Gasteiger partial charge in [-0.2, -0.15) is 0 Å². The Morgan fingerprint density at radius 3 is 2.63 bits per heavy atom. The van der Waals surface area contributed by atoms with Gasteiger partial charge in [0.1, 0.15) is 23.0 Å². The molecule has 8 heteroatoms. The number of aromatic nitrogens is 1. The fourth-order valence-electron chi connectivity index (χ4n) is 2.23. The van der Waals surface area contributed by atoms with Crippen LogP contribution >= 0.6 is 0 Å². The molecule has 0 radical (unpaired) electrons. The number of ether oxygens (including phenoxy) is 1. The van der Waals surface area contributed by atoms with E-state index in [1.807, 2.05) is 18.2 Å². The van der Waals surface area contributed by atoms with E-state index >= 15 is 0 Å². The van der Waals surface area contributed by atoms with Crippen molar-refractivity contribution in [3.05, 3.63) is 48.7 Å². The topological polar surface area (TPSA) is 128 Å². The van der Waals surface area contributed by atoms with Gasteiger partial charge >= 0.3 is 0 Å². The summed E-state index contributed by atoms with van der Waals surface area (Å²) in [4.78, 5) is 15.7. The minimum atomic E-state index is -0.644. The van der Waals surface area contributed by atoms with Crippen LogP contribution < -0.4 is 21.5 Å². The molecule has 0 unspecified atom stereocenters. The van der Waals surface area contributed by atoms with E-state index in [4.69, 9.17) is 16.2 Å². The molecule has 5 N–H and O–H groups in total. The molecule has 27 heavy (non-hydrogen) atoms. The monoisotopic (exact) mass is 366 g/mol. The molecule has 1 aromatic carbocycles. The highest BCUT2D eigenvalue weighted by Crippen LogP contribution is 2.39. The van der Waals surface area contributed by atoms with Crippen LogP contribution in [-0.4, -0.2) is 16.9 Å². The second-order valence-corrected chi connectivity index (χ2v) is 6.39. The normalized spacial score (nSPS) is 14.7. The number of carbonyl (C=O) groups excluding carboxylic acids is 1. The molecule has 2 aromatic rings. The Labute approximate surface area is 157 Å². The number of amides is 1. The van der Waals surface area contributed by atoms with Crippen LogP contribution in [-0.2, 0) is 4.79 Å². The van der Waals surface area contributed by atoms with Gasteiger partial charge in [-0.1, -0.05) is 18.7 Å². The number of nitrogen functional groups attached to an aromatic ring is 1. The molecule has 1 fully saturated rings. The predicted octanol–water partition coefficient (Wildman–Crippen LogP) is 3.67. The minimum Gasteiger partial charge on any atom is -0.460 e. The Hall–Kier alpha value is -3.26. The van der Waals surface area contributed by atoms with Crippen LogP contribution in [0.3, 0.4) is 0 Å². The van der Waals surface area contributed by atoms with Crippen LogP contribution in [0.1, 0.15) is 19.8 Å². The lowest BCUT2D eigenvalue weighted by Crippen LogP contribution is -2.32. The average Bonchev–Trinajstić information content (AvgIpc) is 3.47. The zero-order chi connectivity index (χ0) is 19.4. The summed E-state index contributed by atoms with van der Waals surface area (Å²) in [5.74, 6) is 1.85. The van der Waals surface area contributed by atoms with Gasteiger partial charge in [-0.05, 0) is 44.0 Å². The fraction of sp³-hybridized carbons (Fsp3) is 0.263. The number of hydrogen-bond donors (Lipinski definition) is 3. The smallest absolute Gasteiger partial charge is 0.242 e. The van der Waals surface area contributed by atoms with Crippen LogP contribution in [0.15, 0.2) is 59.0 Å². The van der Waals surface area contributed by atoms with E-state index in [0.29, 0.717) is 28.9 Å². The highest BCUT2D eigenvalue weighted by atomic mass is 16.5. The number of para-hydroxylation sites is 1. The Bertz CT molecular complexity index is 890. The molecule has 1 atom stereocenters. The average molecular weight is 366 g/mol. The zero-order valence-electron chi connectivity index (χ0n) is 15.1. The van der Waals surface area contributed by atoms with Crippen LogP contribution in [0.2, 0.25) is 0 Å². The lowest BCUT2D eigenvalue weighted by atomic mass is 10.3. The van der Waals surface area contributed by atoms with Gasteiger partial charge in [0.2, 0.25) is 5.91 Å². The SMILES string of the molecule is C=C(Oc1ccccc1N=Nc1ccc(NC(=O)[C@H](C)N)nc1N)C1CC1. The summed E-state index contributed by atoms with van der Waals surface area (Å²) in [5.41, 5.74) is 12.4. The van der Waals surface area contributed by atoms with Crippen LogP contribution in [0.4, 0.5) is 23.0 Å². The maximum absolute atomic E-state index is 11.6. The number of nitrogens with zero attached hydrogens (tertiary/aromatic N) is 3. The van der Waals surface area contributed by atoms with E-state index in [2.05, 4.69) is 27.1 Å². The van der Waals surface area contributed by atoms with E-state index < -0.39 is 6.04 Å². The summed E-state index contributed by atoms with van der Waals surface area (Å²) >= 11 is 0. The molecule has 3 rings (SSSR count). The third kappa shape index (κ3) is 4.89. The third-order valence-corrected chi connectivity index (χ3v) is 3.97. The van der Waals surface area contributed by atoms with Crippen molar-refractivity contribution >= 4 is 28.9 Å². The predicted molar refractivity (Wildman–Crippen MR) is 104 cm³/mol. The molecule has 1 amide bonds. The summed E-state index contributed by atoms with van der Waals surface area (Å²) in [6.07, 6.45) is 2.22. The fourth-order valence-corrected chi connectivity index (χ4v) is 2.23. The molecule has 1 aliphatic rings. The van der Waals surface area contributed by atoms with Gasteiger partial charge < -0.3 is 21.5 Å². The van der Waals surface area contributed by atoms with Crippen molar-refractivity contribution in [3.63, 3.8) is 0 Å².